The van der Waals surface area contributed by atoms with Crippen molar-refractivity contribution in [3.8, 4) is 34.1 Å². The summed E-state index contributed by atoms with van der Waals surface area (Å²) >= 11 is 0. The van der Waals surface area contributed by atoms with E-state index in [0.717, 1.165) is 45.1 Å². The van der Waals surface area contributed by atoms with Crippen molar-refractivity contribution in [3.63, 3.8) is 0 Å². The van der Waals surface area contributed by atoms with Gasteiger partial charge in [-0.25, -0.2) is 0 Å². The molecule has 0 radical (unpaired) electrons. The summed E-state index contributed by atoms with van der Waals surface area (Å²) < 4.78 is 23.3. The van der Waals surface area contributed by atoms with Crippen LogP contribution in [0.1, 0.15) is 17.2 Å². The van der Waals surface area contributed by atoms with E-state index < -0.39 is 0 Å². The molecule has 0 fully saturated rings. The Kier molecular flexibility index (Phi) is 5.76. The maximum atomic E-state index is 6.61. The van der Waals surface area contributed by atoms with Crippen molar-refractivity contribution in [1.29, 1.82) is 0 Å². The van der Waals surface area contributed by atoms with E-state index in [1.54, 1.807) is 21.3 Å². The molecule has 172 valence electrons. The van der Waals surface area contributed by atoms with E-state index in [1.807, 2.05) is 54.6 Å². The molecule has 0 aromatic heterocycles. The van der Waals surface area contributed by atoms with Crippen molar-refractivity contribution in [1.82, 2.24) is 0 Å². The largest absolute Gasteiger partial charge is 0.496 e. The zero-order valence-electron chi connectivity index (χ0n) is 19.7. The SMILES string of the molecule is COc1ccc(C2Oc3cccc(OC)c3-c3ccc(N(C)c4ccccc4)cc32)cc1OC. The molecule has 0 bridgehead atoms. The Hall–Kier alpha value is -4.12. The molecule has 5 nitrogen and oxygen atoms in total. The van der Waals surface area contributed by atoms with Crippen LogP contribution in [0, 0.1) is 0 Å². The number of hydrogen-bond donors (Lipinski definition) is 0. The van der Waals surface area contributed by atoms with Crippen LogP contribution < -0.4 is 23.8 Å². The van der Waals surface area contributed by atoms with E-state index in [0.29, 0.717) is 11.5 Å². The summed E-state index contributed by atoms with van der Waals surface area (Å²) in [4.78, 5) is 2.17. The molecule has 1 unspecified atom stereocenters. The van der Waals surface area contributed by atoms with Crippen molar-refractivity contribution in [3.05, 3.63) is 96.1 Å². The Morgan fingerprint density at radius 1 is 0.676 bits per heavy atom. The van der Waals surface area contributed by atoms with Gasteiger partial charge in [-0.05, 0) is 54.1 Å². The highest BCUT2D eigenvalue weighted by molar-refractivity contribution is 5.83. The van der Waals surface area contributed by atoms with Crippen LogP contribution >= 0.6 is 0 Å². The van der Waals surface area contributed by atoms with Gasteiger partial charge in [-0.3, -0.25) is 0 Å². The lowest BCUT2D eigenvalue weighted by Crippen LogP contribution is -2.17. The molecule has 4 aromatic rings. The van der Waals surface area contributed by atoms with Crippen molar-refractivity contribution in [2.24, 2.45) is 0 Å². The minimum atomic E-state index is -0.321. The van der Waals surface area contributed by atoms with Crippen molar-refractivity contribution >= 4 is 11.4 Å². The van der Waals surface area contributed by atoms with E-state index in [-0.39, 0.29) is 6.10 Å². The maximum absolute atomic E-state index is 6.61. The standard InChI is InChI=1S/C29H27NO4/c1-30(20-9-6-5-7-10-20)21-14-15-22-23(18-21)29(19-13-16-24(31-2)27(17-19)33-4)34-26-12-8-11-25(32-3)28(22)26/h5-18,29H,1-4H3. The van der Waals surface area contributed by atoms with Gasteiger partial charge in [-0.15, -0.1) is 0 Å². The highest BCUT2D eigenvalue weighted by Gasteiger charge is 2.31. The lowest BCUT2D eigenvalue weighted by molar-refractivity contribution is 0.241. The Morgan fingerprint density at radius 2 is 1.44 bits per heavy atom. The summed E-state index contributed by atoms with van der Waals surface area (Å²) in [5, 5.41) is 0. The molecule has 0 saturated heterocycles. The molecule has 1 atom stereocenters. The number of benzene rings is 4. The Balaban J connectivity index is 1.68. The molecular weight excluding hydrogens is 426 g/mol. The maximum Gasteiger partial charge on any atom is 0.161 e. The summed E-state index contributed by atoms with van der Waals surface area (Å²) in [6.07, 6.45) is -0.321. The van der Waals surface area contributed by atoms with Crippen LogP contribution in [-0.4, -0.2) is 28.4 Å². The second-order valence-corrected chi connectivity index (χ2v) is 8.11. The number of para-hydroxylation sites is 1. The average Bonchev–Trinajstić information content (AvgIpc) is 2.91. The molecular formula is C29H27NO4. The number of rotatable bonds is 6. The van der Waals surface area contributed by atoms with Gasteiger partial charge in [0.05, 0.1) is 26.9 Å². The number of fused-ring (bicyclic) bond motifs is 3. The van der Waals surface area contributed by atoms with Crippen LogP contribution in [0.4, 0.5) is 11.4 Å². The van der Waals surface area contributed by atoms with Gasteiger partial charge in [0.15, 0.2) is 11.5 Å². The third-order valence-electron chi connectivity index (χ3n) is 6.28. The molecule has 5 heteroatoms. The second-order valence-electron chi connectivity index (χ2n) is 8.11. The quantitative estimate of drug-likeness (QED) is 0.328. The van der Waals surface area contributed by atoms with E-state index in [1.165, 1.54) is 0 Å². The van der Waals surface area contributed by atoms with Gasteiger partial charge in [0, 0.05) is 29.5 Å². The van der Waals surface area contributed by atoms with Gasteiger partial charge in [0.25, 0.3) is 0 Å². The fraction of sp³-hybridized carbons (Fsp3) is 0.172. The lowest BCUT2D eigenvalue weighted by atomic mass is 9.88. The molecule has 0 amide bonds. The topological polar surface area (TPSA) is 40.2 Å². The third kappa shape index (κ3) is 3.69. The zero-order valence-corrected chi connectivity index (χ0v) is 19.7. The molecule has 0 N–H and O–H groups in total. The second kappa shape index (κ2) is 9.02. The summed E-state index contributed by atoms with van der Waals surface area (Å²) in [5.41, 5.74) is 6.27. The molecule has 1 aliphatic rings. The molecule has 1 aliphatic heterocycles. The molecule has 34 heavy (non-hydrogen) atoms. The number of methoxy groups -OCH3 is 3. The van der Waals surface area contributed by atoms with Gasteiger partial charge in [0.1, 0.15) is 17.6 Å². The highest BCUT2D eigenvalue weighted by atomic mass is 16.5. The zero-order chi connectivity index (χ0) is 23.7. The number of nitrogens with zero attached hydrogens (tertiary/aromatic N) is 1. The summed E-state index contributed by atoms with van der Waals surface area (Å²) in [5.74, 6) is 2.92. The monoisotopic (exact) mass is 453 g/mol. The van der Waals surface area contributed by atoms with Crippen molar-refractivity contribution in [2.45, 2.75) is 6.10 Å². The molecule has 1 heterocycles. The molecule has 5 rings (SSSR count). The van der Waals surface area contributed by atoms with Crippen LogP contribution in [0.25, 0.3) is 11.1 Å². The minimum absolute atomic E-state index is 0.321. The van der Waals surface area contributed by atoms with Gasteiger partial charge in [-0.1, -0.05) is 36.4 Å². The first-order valence-corrected chi connectivity index (χ1v) is 11.1. The minimum Gasteiger partial charge on any atom is -0.496 e. The predicted octanol–water partition coefficient (Wildman–Crippen LogP) is 6.63. The lowest BCUT2D eigenvalue weighted by Gasteiger charge is -2.32. The summed E-state index contributed by atoms with van der Waals surface area (Å²) in [7, 11) is 7.04. The molecule has 0 aliphatic carbocycles. The van der Waals surface area contributed by atoms with E-state index >= 15 is 0 Å². The van der Waals surface area contributed by atoms with Gasteiger partial charge < -0.3 is 23.8 Å². The number of ether oxygens (including phenoxy) is 4. The Morgan fingerprint density at radius 3 is 2.18 bits per heavy atom. The van der Waals surface area contributed by atoms with Gasteiger partial charge in [-0.2, -0.15) is 0 Å². The van der Waals surface area contributed by atoms with E-state index in [4.69, 9.17) is 18.9 Å². The third-order valence-corrected chi connectivity index (χ3v) is 6.28. The van der Waals surface area contributed by atoms with Crippen LogP contribution in [0.5, 0.6) is 23.0 Å². The van der Waals surface area contributed by atoms with Crippen LogP contribution in [0.2, 0.25) is 0 Å². The number of hydrogen-bond acceptors (Lipinski definition) is 5. The van der Waals surface area contributed by atoms with Gasteiger partial charge in [0.2, 0.25) is 0 Å². The average molecular weight is 454 g/mol. The molecule has 0 saturated carbocycles. The van der Waals surface area contributed by atoms with E-state index in [9.17, 15) is 0 Å². The van der Waals surface area contributed by atoms with Crippen LogP contribution in [-0.2, 0) is 0 Å². The summed E-state index contributed by atoms with van der Waals surface area (Å²) in [6, 6.07) is 28.6. The Bertz CT molecular complexity index is 1320. The predicted molar refractivity (Wildman–Crippen MR) is 135 cm³/mol. The highest BCUT2D eigenvalue weighted by Crippen LogP contribution is 2.50. The first-order chi connectivity index (χ1) is 16.6. The molecule has 0 spiro atoms. The summed E-state index contributed by atoms with van der Waals surface area (Å²) in [6.45, 7) is 0. The first kappa shape index (κ1) is 21.7. The van der Waals surface area contributed by atoms with Crippen LogP contribution in [0.3, 0.4) is 0 Å². The van der Waals surface area contributed by atoms with Crippen molar-refractivity contribution < 1.29 is 18.9 Å². The first-order valence-electron chi connectivity index (χ1n) is 11.1. The Labute approximate surface area is 200 Å². The smallest absolute Gasteiger partial charge is 0.161 e. The van der Waals surface area contributed by atoms with E-state index in [2.05, 4.69) is 42.3 Å². The van der Waals surface area contributed by atoms with Crippen molar-refractivity contribution in [2.75, 3.05) is 33.3 Å². The normalized spacial score (nSPS) is 13.8. The number of anilines is 2. The van der Waals surface area contributed by atoms with Gasteiger partial charge >= 0.3 is 0 Å². The fourth-order valence-electron chi connectivity index (χ4n) is 4.50. The fourth-order valence-corrected chi connectivity index (χ4v) is 4.50. The molecule has 4 aromatic carbocycles. The van der Waals surface area contributed by atoms with Crippen LogP contribution in [0.15, 0.2) is 84.9 Å².